The third kappa shape index (κ3) is 4.89. The van der Waals surface area contributed by atoms with Crippen LogP contribution in [0.3, 0.4) is 0 Å². The third-order valence-corrected chi connectivity index (χ3v) is 3.46. The summed E-state index contributed by atoms with van der Waals surface area (Å²) in [5.41, 5.74) is -0.580. The van der Waals surface area contributed by atoms with Crippen molar-refractivity contribution in [1.82, 2.24) is 0 Å². The zero-order valence-corrected chi connectivity index (χ0v) is 14.1. The quantitative estimate of drug-likeness (QED) is 0.606. The third-order valence-electron chi connectivity index (χ3n) is 3.15. The number of carbonyl (C=O) groups is 2. The zero-order chi connectivity index (χ0) is 19.3. The molecule has 2 rings (SSSR count). The molecule has 0 bridgehead atoms. The Balaban J connectivity index is 1.89. The Kier molecular flexibility index (Phi) is 6.46. The zero-order valence-electron chi connectivity index (χ0n) is 13.4. The number of benzene rings is 2. The Hall–Kier alpha value is -2.74. The fraction of sp³-hybridized carbons (Fsp3) is 0.176. The summed E-state index contributed by atoms with van der Waals surface area (Å²) in [5.74, 6) is -6.22. The second kappa shape index (κ2) is 8.57. The fourth-order valence-corrected chi connectivity index (χ4v) is 2.03. The van der Waals surface area contributed by atoms with Crippen LogP contribution in [0, 0.1) is 17.5 Å². The van der Waals surface area contributed by atoms with E-state index >= 15 is 0 Å². The van der Waals surface area contributed by atoms with Gasteiger partial charge in [-0.3, -0.25) is 4.79 Å². The number of anilines is 1. The van der Waals surface area contributed by atoms with Gasteiger partial charge in [0.2, 0.25) is 0 Å². The highest BCUT2D eigenvalue weighted by Crippen LogP contribution is 2.23. The highest BCUT2D eigenvalue weighted by atomic mass is 35.5. The van der Waals surface area contributed by atoms with Crippen molar-refractivity contribution >= 4 is 29.2 Å². The number of hydrogen-bond acceptors (Lipinski definition) is 4. The van der Waals surface area contributed by atoms with Gasteiger partial charge in [-0.25, -0.2) is 18.0 Å². The Labute approximate surface area is 151 Å². The Morgan fingerprint density at radius 3 is 2.50 bits per heavy atom. The van der Waals surface area contributed by atoms with Gasteiger partial charge in [0.25, 0.3) is 5.91 Å². The van der Waals surface area contributed by atoms with Crippen LogP contribution in [0.15, 0.2) is 36.4 Å². The van der Waals surface area contributed by atoms with Gasteiger partial charge in [-0.15, -0.1) is 0 Å². The summed E-state index contributed by atoms with van der Waals surface area (Å²) in [5, 5.41) is 2.30. The topological polar surface area (TPSA) is 64.6 Å². The first-order chi connectivity index (χ1) is 12.3. The molecule has 0 spiro atoms. The molecule has 0 saturated heterocycles. The van der Waals surface area contributed by atoms with E-state index in [9.17, 15) is 22.8 Å². The minimum atomic E-state index is -1.72. The summed E-state index contributed by atoms with van der Waals surface area (Å²) in [6.45, 7) is 0.710. The first kappa shape index (κ1) is 19.6. The lowest BCUT2D eigenvalue weighted by molar-refractivity contribution is -0.155. The van der Waals surface area contributed by atoms with Crippen molar-refractivity contribution in [2.75, 3.05) is 11.9 Å². The van der Waals surface area contributed by atoms with Crippen molar-refractivity contribution in [3.05, 3.63) is 58.9 Å². The highest BCUT2D eigenvalue weighted by Gasteiger charge is 2.21. The van der Waals surface area contributed by atoms with E-state index in [0.717, 1.165) is 6.07 Å². The Bertz CT molecular complexity index is 832. The first-order valence-corrected chi connectivity index (χ1v) is 7.68. The number of nitrogens with one attached hydrogen (secondary N) is 1. The molecule has 26 heavy (non-hydrogen) atoms. The number of carbonyl (C=O) groups excluding carboxylic acids is 2. The summed E-state index contributed by atoms with van der Waals surface area (Å²) >= 11 is 5.86. The molecule has 2 aromatic carbocycles. The Morgan fingerprint density at radius 2 is 1.81 bits per heavy atom. The van der Waals surface area contributed by atoms with Crippen LogP contribution in [0.25, 0.3) is 0 Å². The number of hydrogen-bond donors (Lipinski definition) is 1. The van der Waals surface area contributed by atoms with E-state index in [1.54, 1.807) is 18.2 Å². The van der Waals surface area contributed by atoms with E-state index in [2.05, 4.69) is 0 Å². The summed E-state index contributed by atoms with van der Waals surface area (Å²) < 4.78 is 49.5. The van der Waals surface area contributed by atoms with Gasteiger partial charge in [-0.2, -0.15) is 0 Å². The summed E-state index contributed by atoms with van der Waals surface area (Å²) in [6.07, 6.45) is -1.33. The minimum absolute atomic E-state index is 0.257. The van der Waals surface area contributed by atoms with E-state index in [1.807, 2.05) is 5.32 Å². The van der Waals surface area contributed by atoms with E-state index in [-0.39, 0.29) is 5.75 Å². The van der Waals surface area contributed by atoms with Gasteiger partial charge in [0.1, 0.15) is 5.75 Å². The second-order valence-electron chi connectivity index (χ2n) is 5.06. The maximum atomic E-state index is 13.5. The number of para-hydroxylation sites is 1. The molecule has 0 radical (unpaired) electrons. The molecule has 138 valence electrons. The van der Waals surface area contributed by atoms with E-state index in [0.29, 0.717) is 11.1 Å². The van der Waals surface area contributed by atoms with Crippen LogP contribution in [0.5, 0.6) is 5.75 Å². The molecular weight excluding hydrogens is 375 g/mol. The summed E-state index contributed by atoms with van der Waals surface area (Å²) in [6, 6.07) is 7.94. The van der Waals surface area contributed by atoms with Gasteiger partial charge < -0.3 is 14.8 Å². The molecular formula is C17H13ClF3NO4. The molecule has 1 atom stereocenters. The van der Waals surface area contributed by atoms with Crippen LogP contribution < -0.4 is 10.1 Å². The van der Waals surface area contributed by atoms with Crippen molar-refractivity contribution in [3.63, 3.8) is 0 Å². The molecule has 0 aliphatic rings. The molecule has 5 nitrogen and oxygen atoms in total. The van der Waals surface area contributed by atoms with Crippen LogP contribution in [-0.4, -0.2) is 24.6 Å². The largest absolute Gasteiger partial charge is 0.480 e. The van der Waals surface area contributed by atoms with Gasteiger partial charge in [0.05, 0.1) is 10.7 Å². The number of amides is 1. The van der Waals surface area contributed by atoms with Crippen LogP contribution in [0.4, 0.5) is 18.9 Å². The summed E-state index contributed by atoms with van der Waals surface area (Å²) in [7, 11) is 0. The lowest BCUT2D eigenvalue weighted by Gasteiger charge is -2.14. The van der Waals surface area contributed by atoms with Crippen molar-refractivity contribution < 1.29 is 32.2 Å². The number of halogens is 4. The number of ether oxygens (including phenoxy) is 2. The molecule has 0 aliphatic heterocycles. The minimum Gasteiger partial charge on any atom is -0.480 e. The van der Waals surface area contributed by atoms with Crippen LogP contribution in [0.1, 0.15) is 6.92 Å². The van der Waals surface area contributed by atoms with Crippen molar-refractivity contribution in [1.29, 1.82) is 0 Å². The molecule has 9 heteroatoms. The summed E-state index contributed by atoms with van der Waals surface area (Å²) in [4.78, 5) is 23.6. The van der Waals surface area contributed by atoms with E-state index < -0.39 is 47.7 Å². The Morgan fingerprint density at radius 1 is 1.12 bits per heavy atom. The normalized spacial score (nSPS) is 11.6. The monoisotopic (exact) mass is 387 g/mol. The van der Waals surface area contributed by atoms with Gasteiger partial charge in [-0.05, 0) is 31.2 Å². The molecule has 1 N–H and O–H groups in total. The van der Waals surface area contributed by atoms with Gasteiger partial charge in [0.15, 0.2) is 30.2 Å². The molecule has 0 fully saturated rings. The van der Waals surface area contributed by atoms with Crippen LogP contribution in [0.2, 0.25) is 5.02 Å². The van der Waals surface area contributed by atoms with E-state index in [4.69, 9.17) is 21.1 Å². The molecule has 0 saturated carbocycles. The van der Waals surface area contributed by atoms with Gasteiger partial charge in [-0.1, -0.05) is 23.7 Å². The van der Waals surface area contributed by atoms with Gasteiger partial charge >= 0.3 is 5.97 Å². The second-order valence-corrected chi connectivity index (χ2v) is 5.47. The molecule has 0 heterocycles. The predicted molar refractivity (Wildman–Crippen MR) is 87.4 cm³/mol. The van der Waals surface area contributed by atoms with Crippen LogP contribution >= 0.6 is 11.6 Å². The van der Waals surface area contributed by atoms with E-state index in [1.165, 1.54) is 13.0 Å². The van der Waals surface area contributed by atoms with Gasteiger partial charge in [0, 0.05) is 0 Å². The molecule has 2 aromatic rings. The fourth-order valence-electron chi connectivity index (χ4n) is 1.84. The number of esters is 1. The average molecular weight is 388 g/mol. The standard InChI is InChI=1S/C17H13ClF3NO4/c1-9(17(24)22-12-7-6-11(19)15(20)16(12)21)26-14(23)8-25-13-5-3-2-4-10(13)18/h2-7,9H,8H2,1H3,(H,22,24)/t9-/m0/s1. The maximum absolute atomic E-state index is 13.5. The molecule has 1 amide bonds. The lowest BCUT2D eigenvalue weighted by atomic mass is 10.2. The predicted octanol–water partition coefficient (Wildman–Crippen LogP) is 3.71. The number of rotatable bonds is 6. The first-order valence-electron chi connectivity index (χ1n) is 7.30. The van der Waals surface area contributed by atoms with Crippen molar-refractivity contribution in [2.24, 2.45) is 0 Å². The highest BCUT2D eigenvalue weighted by molar-refractivity contribution is 6.32. The molecule has 0 unspecified atom stereocenters. The maximum Gasteiger partial charge on any atom is 0.344 e. The van der Waals surface area contributed by atoms with Crippen molar-refractivity contribution in [3.8, 4) is 5.75 Å². The molecule has 0 aromatic heterocycles. The average Bonchev–Trinajstić information content (AvgIpc) is 2.61. The van der Waals surface area contributed by atoms with Crippen LogP contribution in [-0.2, 0) is 14.3 Å². The smallest absolute Gasteiger partial charge is 0.344 e. The molecule has 0 aliphatic carbocycles. The van der Waals surface area contributed by atoms with Crippen molar-refractivity contribution in [2.45, 2.75) is 13.0 Å². The lowest BCUT2D eigenvalue weighted by Crippen LogP contribution is -2.32. The SMILES string of the molecule is C[C@H](OC(=O)COc1ccccc1Cl)C(=O)Nc1ccc(F)c(F)c1F.